The molecule has 0 aromatic heterocycles. The van der Waals surface area contributed by atoms with Gasteiger partial charge in [0.1, 0.15) is 12.4 Å². The van der Waals surface area contributed by atoms with Crippen molar-refractivity contribution in [3.05, 3.63) is 60.2 Å². The van der Waals surface area contributed by atoms with Gasteiger partial charge >= 0.3 is 0 Å². The van der Waals surface area contributed by atoms with E-state index in [9.17, 15) is 4.79 Å². The summed E-state index contributed by atoms with van der Waals surface area (Å²) in [6, 6.07) is 17.8. The Morgan fingerprint density at radius 1 is 1.16 bits per heavy atom. The third-order valence-electron chi connectivity index (χ3n) is 3.82. The Kier molecular flexibility index (Phi) is 8.12. The van der Waals surface area contributed by atoms with Gasteiger partial charge in [-0.05, 0) is 29.8 Å². The third-order valence-corrected chi connectivity index (χ3v) is 4.95. The van der Waals surface area contributed by atoms with Gasteiger partial charge in [0.15, 0.2) is 0 Å². The molecule has 134 valence electrons. The zero-order valence-corrected chi connectivity index (χ0v) is 15.6. The summed E-state index contributed by atoms with van der Waals surface area (Å²) in [5.74, 6) is 2.97. The highest BCUT2D eigenvalue weighted by atomic mass is 35.5. The quantitative estimate of drug-likeness (QED) is 0.804. The van der Waals surface area contributed by atoms with Crippen LogP contribution in [0.5, 0.6) is 5.75 Å². The lowest BCUT2D eigenvalue weighted by Gasteiger charge is -2.22. The van der Waals surface area contributed by atoms with Gasteiger partial charge in [-0.1, -0.05) is 30.3 Å². The van der Waals surface area contributed by atoms with E-state index >= 15 is 0 Å². The highest BCUT2D eigenvalue weighted by Gasteiger charge is 2.16. The molecule has 25 heavy (non-hydrogen) atoms. The third kappa shape index (κ3) is 6.61. The first kappa shape index (κ1) is 19.6. The van der Waals surface area contributed by atoms with Crippen LogP contribution >= 0.6 is 24.2 Å². The SMILES string of the molecule is Cl.O=C(CC1CSCCN1)Nc1ccc(OCc2ccccc2)cc1. The van der Waals surface area contributed by atoms with Crippen molar-refractivity contribution >= 4 is 35.8 Å². The van der Waals surface area contributed by atoms with Crippen molar-refractivity contribution in [3.8, 4) is 5.75 Å². The molecule has 1 aliphatic rings. The smallest absolute Gasteiger partial charge is 0.225 e. The highest BCUT2D eigenvalue weighted by Crippen LogP contribution is 2.18. The van der Waals surface area contributed by atoms with Crippen LogP contribution in [-0.2, 0) is 11.4 Å². The van der Waals surface area contributed by atoms with E-state index in [1.165, 1.54) is 0 Å². The second-order valence-corrected chi connectivity index (χ2v) is 6.93. The molecule has 0 spiro atoms. The van der Waals surface area contributed by atoms with Crippen LogP contribution in [0.4, 0.5) is 5.69 Å². The molecule has 3 rings (SSSR count). The average Bonchev–Trinajstić information content (AvgIpc) is 2.63. The van der Waals surface area contributed by atoms with Crippen molar-refractivity contribution in [3.63, 3.8) is 0 Å². The van der Waals surface area contributed by atoms with Gasteiger partial charge in [0.2, 0.25) is 5.91 Å². The number of hydrogen-bond donors (Lipinski definition) is 2. The summed E-state index contributed by atoms with van der Waals surface area (Å²) in [5, 5.41) is 6.32. The average molecular weight is 379 g/mol. The molecule has 0 saturated carbocycles. The van der Waals surface area contributed by atoms with Gasteiger partial charge in [-0.15, -0.1) is 12.4 Å². The Bertz CT molecular complexity index is 646. The van der Waals surface area contributed by atoms with Crippen molar-refractivity contribution in [1.29, 1.82) is 0 Å². The molecule has 0 aliphatic carbocycles. The molecule has 6 heteroatoms. The molecule has 1 atom stereocenters. The first-order valence-electron chi connectivity index (χ1n) is 8.17. The highest BCUT2D eigenvalue weighted by molar-refractivity contribution is 7.99. The van der Waals surface area contributed by atoms with Crippen molar-refractivity contribution in [2.24, 2.45) is 0 Å². The van der Waals surface area contributed by atoms with Crippen LogP contribution in [0, 0.1) is 0 Å². The summed E-state index contributed by atoms with van der Waals surface area (Å²) in [6.45, 7) is 1.52. The number of amides is 1. The molecule has 0 radical (unpaired) electrons. The monoisotopic (exact) mass is 378 g/mol. The Hall–Kier alpha value is -1.69. The van der Waals surface area contributed by atoms with Gasteiger partial charge in [0, 0.05) is 36.2 Å². The lowest BCUT2D eigenvalue weighted by Crippen LogP contribution is -2.39. The number of anilines is 1. The molecule has 2 aromatic rings. The zero-order chi connectivity index (χ0) is 16.6. The minimum atomic E-state index is 0. The molecule has 1 unspecified atom stereocenters. The Balaban J connectivity index is 0.00000225. The van der Waals surface area contributed by atoms with Crippen LogP contribution < -0.4 is 15.4 Å². The minimum absolute atomic E-state index is 0. The van der Waals surface area contributed by atoms with Crippen LogP contribution in [0.25, 0.3) is 0 Å². The summed E-state index contributed by atoms with van der Waals surface area (Å²) < 4.78 is 5.75. The van der Waals surface area contributed by atoms with Crippen LogP contribution in [0.3, 0.4) is 0 Å². The summed E-state index contributed by atoms with van der Waals surface area (Å²) in [6.07, 6.45) is 0.513. The number of ether oxygens (including phenoxy) is 1. The number of carbonyl (C=O) groups is 1. The molecule has 4 nitrogen and oxygen atoms in total. The van der Waals surface area contributed by atoms with Gasteiger partial charge in [0.25, 0.3) is 0 Å². The van der Waals surface area contributed by atoms with E-state index in [1.807, 2.05) is 66.4 Å². The number of nitrogens with one attached hydrogen (secondary N) is 2. The van der Waals surface area contributed by atoms with Gasteiger partial charge in [-0.2, -0.15) is 11.8 Å². The van der Waals surface area contributed by atoms with E-state index in [2.05, 4.69) is 10.6 Å². The number of carbonyl (C=O) groups excluding carboxylic acids is 1. The lowest BCUT2D eigenvalue weighted by atomic mass is 10.2. The van der Waals surface area contributed by atoms with Crippen LogP contribution in [0.1, 0.15) is 12.0 Å². The number of hydrogen-bond acceptors (Lipinski definition) is 4. The summed E-state index contributed by atoms with van der Waals surface area (Å²) in [4.78, 5) is 12.1. The predicted octanol–water partition coefficient (Wildman–Crippen LogP) is 3.72. The van der Waals surface area contributed by atoms with E-state index in [0.717, 1.165) is 35.1 Å². The fourth-order valence-corrected chi connectivity index (χ4v) is 3.51. The maximum Gasteiger partial charge on any atom is 0.225 e. The van der Waals surface area contributed by atoms with Gasteiger partial charge in [-0.25, -0.2) is 0 Å². The second kappa shape index (κ2) is 10.3. The Morgan fingerprint density at radius 3 is 2.60 bits per heavy atom. The maximum atomic E-state index is 12.1. The van der Waals surface area contributed by atoms with Gasteiger partial charge < -0.3 is 15.4 Å². The molecular weight excluding hydrogens is 356 g/mol. The molecule has 1 heterocycles. The molecule has 2 aromatic carbocycles. The number of thioether (sulfide) groups is 1. The first-order valence-corrected chi connectivity index (χ1v) is 9.33. The fourth-order valence-electron chi connectivity index (χ4n) is 2.56. The first-order chi connectivity index (χ1) is 11.8. The largest absolute Gasteiger partial charge is 0.489 e. The summed E-state index contributed by atoms with van der Waals surface area (Å²) >= 11 is 1.90. The van der Waals surface area contributed by atoms with Crippen LogP contribution in [-0.4, -0.2) is 30.0 Å². The minimum Gasteiger partial charge on any atom is -0.489 e. The molecule has 1 aliphatic heterocycles. The molecule has 1 amide bonds. The van der Waals surface area contributed by atoms with Crippen LogP contribution in [0.2, 0.25) is 0 Å². The number of halogens is 1. The Labute approximate surface area is 159 Å². The van der Waals surface area contributed by atoms with E-state index < -0.39 is 0 Å². The number of benzene rings is 2. The Morgan fingerprint density at radius 2 is 1.92 bits per heavy atom. The topological polar surface area (TPSA) is 50.4 Å². The summed E-state index contributed by atoms with van der Waals surface area (Å²) in [5.41, 5.74) is 1.93. The fraction of sp³-hybridized carbons (Fsp3) is 0.316. The zero-order valence-electron chi connectivity index (χ0n) is 13.9. The van der Waals surface area contributed by atoms with Crippen LogP contribution in [0.15, 0.2) is 54.6 Å². The van der Waals surface area contributed by atoms with E-state index in [0.29, 0.717) is 13.0 Å². The number of rotatable bonds is 6. The van der Waals surface area contributed by atoms with E-state index in [1.54, 1.807) is 0 Å². The van der Waals surface area contributed by atoms with Crippen molar-refractivity contribution in [2.45, 2.75) is 19.1 Å². The van der Waals surface area contributed by atoms with Crippen molar-refractivity contribution < 1.29 is 9.53 Å². The molecule has 1 fully saturated rings. The predicted molar refractivity (Wildman–Crippen MR) is 107 cm³/mol. The van der Waals surface area contributed by atoms with Gasteiger partial charge in [0.05, 0.1) is 0 Å². The van der Waals surface area contributed by atoms with E-state index in [-0.39, 0.29) is 24.4 Å². The van der Waals surface area contributed by atoms with Gasteiger partial charge in [-0.3, -0.25) is 4.79 Å². The van der Waals surface area contributed by atoms with Crippen molar-refractivity contribution in [2.75, 3.05) is 23.4 Å². The standard InChI is InChI=1S/C19H22N2O2S.ClH/c22-19(12-17-14-24-11-10-20-17)21-16-6-8-18(9-7-16)23-13-15-4-2-1-3-5-15;/h1-9,17,20H,10-14H2,(H,21,22);1H. The lowest BCUT2D eigenvalue weighted by molar-refractivity contribution is -0.116. The maximum absolute atomic E-state index is 12.1. The second-order valence-electron chi connectivity index (χ2n) is 5.78. The van der Waals surface area contributed by atoms with Crippen molar-refractivity contribution in [1.82, 2.24) is 5.32 Å². The molecule has 0 bridgehead atoms. The molecular formula is C19H23ClN2O2S. The normalized spacial score (nSPS) is 16.6. The van der Waals surface area contributed by atoms with E-state index in [4.69, 9.17) is 4.74 Å². The molecule has 1 saturated heterocycles. The molecule has 2 N–H and O–H groups in total. The summed E-state index contributed by atoms with van der Waals surface area (Å²) in [7, 11) is 0.